The van der Waals surface area contributed by atoms with E-state index in [1.54, 1.807) is 0 Å². The number of nitro groups is 1. The number of carbonyl (C=O) groups excluding carboxylic acids is 3. The molecular weight excluding hydrogens is 627 g/mol. The van der Waals surface area contributed by atoms with Crippen LogP contribution >= 0.6 is 23.2 Å². The van der Waals surface area contributed by atoms with Gasteiger partial charge in [0.15, 0.2) is 23.9 Å². The van der Waals surface area contributed by atoms with Crippen molar-refractivity contribution in [1.82, 2.24) is 4.90 Å². The third-order valence-electron chi connectivity index (χ3n) is 7.17. The van der Waals surface area contributed by atoms with Crippen LogP contribution in [0.25, 0.3) is 0 Å². The van der Waals surface area contributed by atoms with Crippen molar-refractivity contribution < 1.29 is 47.3 Å². The number of rotatable bonds is 13. The smallest absolute Gasteiger partial charge is 0.387 e. The van der Waals surface area contributed by atoms with E-state index in [-0.39, 0.29) is 41.3 Å². The van der Waals surface area contributed by atoms with Crippen LogP contribution in [0.4, 0.5) is 14.5 Å². The number of carbonyl (C=O) groups is 3. The van der Waals surface area contributed by atoms with E-state index in [2.05, 4.69) is 9.72 Å². The first-order chi connectivity index (χ1) is 21.0. The Morgan fingerprint density at radius 1 is 1.05 bits per heavy atom. The number of halogens is 4. The molecule has 5 rings (SSSR count). The van der Waals surface area contributed by atoms with Crippen LogP contribution in [0.1, 0.15) is 50.6 Å². The molecule has 1 fully saturated rings. The molecule has 2 aromatic carbocycles. The van der Waals surface area contributed by atoms with E-state index >= 15 is 0 Å². The number of amides is 2. The number of ether oxygens (including phenoxy) is 3. The maximum atomic E-state index is 13.1. The van der Waals surface area contributed by atoms with Gasteiger partial charge in [-0.25, -0.2) is 4.98 Å². The summed E-state index contributed by atoms with van der Waals surface area (Å²) in [6, 6.07) is 7.60. The molecule has 0 saturated heterocycles. The molecule has 1 saturated carbocycles. The van der Waals surface area contributed by atoms with Crippen LogP contribution in [0.3, 0.4) is 0 Å². The van der Waals surface area contributed by atoms with Gasteiger partial charge in [0.2, 0.25) is 0 Å². The molecule has 2 aliphatic rings. The zero-order chi connectivity index (χ0) is 31.5. The van der Waals surface area contributed by atoms with Crippen molar-refractivity contribution >= 4 is 46.7 Å². The monoisotopic (exact) mass is 650 g/mol. The number of pyridine rings is 1. The standard InChI is InChI=1S/C29H23Cl2F2N3O8/c30-22-10-34-11-23(31)21(22)7-17(16-3-6-24(44-29(32)33)25(8-16)42-13-15-1-2-15)14-43-26(37)12-35-27(38)19-5-4-18(36(40)41)9-20(19)28(35)39/h3-6,8-11,15,17,29H,1-2,7,12-14H2/p+1/t17-/m1/s1. The quantitative estimate of drug-likeness (QED) is 0.105. The van der Waals surface area contributed by atoms with Gasteiger partial charge < -0.3 is 14.2 Å². The molecule has 1 N–H and O–H groups in total. The van der Waals surface area contributed by atoms with Crippen molar-refractivity contribution in [1.29, 1.82) is 0 Å². The fraction of sp³-hybridized carbons (Fsp3) is 0.310. The second-order valence-corrected chi connectivity index (χ2v) is 11.1. The van der Waals surface area contributed by atoms with Crippen LogP contribution in [0, 0.1) is 16.0 Å². The summed E-state index contributed by atoms with van der Waals surface area (Å²) in [5.41, 5.74) is 0.409. The van der Waals surface area contributed by atoms with E-state index in [1.807, 2.05) is 0 Å². The Hall–Kier alpha value is -4.36. The lowest BCUT2D eigenvalue weighted by atomic mass is 9.92. The fourth-order valence-corrected chi connectivity index (χ4v) is 5.20. The first-order valence-corrected chi connectivity index (χ1v) is 14.1. The van der Waals surface area contributed by atoms with Gasteiger partial charge in [0, 0.05) is 23.6 Å². The largest absolute Gasteiger partial charge is 0.489 e. The molecule has 0 unspecified atom stereocenters. The number of imide groups is 1. The molecular formula is C29H24Cl2F2N3O8+. The van der Waals surface area contributed by atoms with Crippen LogP contribution in [0.5, 0.6) is 11.5 Å². The predicted molar refractivity (Wildman–Crippen MR) is 150 cm³/mol. The molecule has 15 heteroatoms. The number of nitrogens with one attached hydrogen (secondary N) is 1. The zero-order valence-corrected chi connectivity index (χ0v) is 24.3. The number of hydrogen-bond donors (Lipinski definition) is 0. The SMILES string of the molecule is O=C(CN1C(=O)c2ccc([N+](=O)[O-])cc2C1=O)OC[C@@H](Cc1c(Cl)c[nH+]cc1Cl)c1ccc(OC(F)F)c(OCC2CC2)c1. The van der Waals surface area contributed by atoms with E-state index in [0.717, 1.165) is 31.0 Å². The Balaban J connectivity index is 1.36. The number of benzene rings is 2. The summed E-state index contributed by atoms with van der Waals surface area (Å²) in [5, 5.41) is 11.7. The fourth-order valence-electron chi connectivity index (χ4n) is 4.67. The molecule has 230 valence electrons. The van der Waals surface area contributed by atoms with Gasteiger partial charge in [0.1, 0.15) is 16.6 Å². The molecule has 1 aliphatic heterocycles. The summed E-state index contributed by atoms with van der Waals surface area (Å²) in [6.07, 6.45) is 5.11. The summed E-state index contributed by atoms with van der Waals surface area (Å²) < 4.78 is 42.1. The Labute approximate surface area is 258 Å². The minimum Gasteiger partial charge on any atom is -0.489 e. The Morgan fingerprint density at radius 3 is 2.41 bits per heavy atom. The lowest BCUT2D eigenvalue weighted by Crippen LogP contribution is -2.36. The van der Waals surface area contributed by atoms with Crippen LogP contribution in [0.15, 0.2) is 48.8 Å². The van der Waals surface area contributed by atoms with Crippen molar-refractivity contribution in [2.45, 2.75) is 31.8 Å². The molecule has 2 heterocycles. The van der Waals surface area contributed by atoms with Crippen LogP contribution in [0.2, 0.25) is 10.0 Å². The Bertz CT molecular complexity index is 1620. The normalized spacial score (nSPS) is 14.9. The highest BCUT2D eigenvalue weighted by molar-refractivity contribution is 6.35. The van der Waals surface area contributed by atoms with E-state index in [1.165, 1.54) is 30.6 Å². The van der Waals surface area contributed by atoms with Gasteiger partial charge in [-0.3, -0.25) is 29.4 Å². The summed E-state index contributed by atoms with van der Waals surface area (Å²) in [4.78, 5) is 52.3. The molecule has 11 nitrogen and oxygen atoms in total. The maximum Gasteiger partial charge on any atom is 0.387 e. The summed E-state index contributed by atoms with van der Waals surface area (Å²) in [7, 11) is 0. The highest BCUT2D eigenvalue weighted by Gasteiger charge is 2.38. The first-order valence-electron chi connectivity index (χ1n) is 13.4. The molecule has 0 spiro atoms. The third-order valence-corrected chi connectivity index (χ3v) is 7.85. The second kappa shape index (κ2) is 13.1. The summed E-state index contributed by atoms with van der Waals surface area (Å²) in [6.45, 7) is -3.79. The summed E-state index contributed by atoms with van der Waals surface area (Å²) in [5.74, 6) is -2.97. The minimum atomic E-state index is -3.08. The van der Waals surface area contributed by atoms with Gasteiger partial charge in [0.25, 0.3) is 17.5 Å². The van der Waals surface area contributed by atoms with Crippen LogP contribution in [-0.2, 0) is 16.0 Å². The van der Waals surface area contributed by atoms with E-state index in [9.17, 15) is 33.3 Å². The third kappa shape index (κ3) is 7.05. The maximum absolute atomic E-state index is 13.1. The number of H-pyrrole nitrogens is 1. The Morgan fingerprint density at radius 2 is 1.75 bits per heavy atom. The molecule has 1 aromatic heterocycles. The molecule has 0 radical (unpaired) electrons. The van der Waals surface area contributed by atoms with Crippen LogP contribution in [-0.4, -0.2) is 54.0 Å². The van der Waals surface area contributed by atoms with Gasteiger partial charge in [-0.05, 0) is 48.9 Å². The number of esters is 1. The predicted octanol–water partition coefficient (Wildman–Crippen LogP) is 5.27. The van der Waals surface area contributed by atoms with E-state index < -0.39 is 41.8 Å². The van der Waals surface area contributed by atoms with Crippen molar-refractivity contribution in [3.63, 3.8) is 0 Å². The van der Waals surface area contributed by atoms with Crippen molar-refractivity contribution in [3.05, 3.63) is 91.2 Å². The minimum absolute atomic E-state index is 0.0683. The van der Waals surface area contributed by atoms with Crippen molar-refractivity contribution in [3.8, 4) is 11.5 Å². The lowest BCUT2D eigenvalue weighted by Gasteiger charge is -2.21. The molecule has 3 aromatic rings. The molecule has 2 amide bonds. The average Bonchev–Trinajstić information content (AvgIpc) is 3.79. The lowest BCUT2D eigenvalue weighted by molar-refractivity contribution is -0.384. The van der Waals surface area contributed by atoms with Gasteiger partial charge in [0.05, 0.1) is 29.3 Å². The molecule has 1 aliphatic carbocycles. The van der Waals surface area contributed by atoms with Gasteiger partial charge in [-0.15, -0.1) is 0 Å². The van der Waals surface area contributed by atoms with Crippen LogP contribution < -0.4 is 14.5 Å². The number of aromatic nitrogens is 1. The number of alkyl halides is 2. The van der Waals surface area contributed by atoms with Gasteiger partial charge in [-0.2, -0.15) is 8.78 Å². The second-order valence-electron chi connectivity index (χ2n) is 10.2. The Kier molecular flexibility index (Phi) is 9.25. The number of fused-ring (bicyclic) bond motifs is 1. The molecule has 44 heavy (non-hydrogen) atoms. The van der Waals surface area contributed by atoms with Gasteiger partial charge >= 0.3 is 12.6 Å². The number of non-ortho nitro benzene ring substituents is 1. The number of hydrogen-bond acceptors (Lipinski definition) is 8. The summed E-state index contributed by atoms with van der Waals surface area (Å²) >= 11 is 12.7. The highest BCUT2D eigenvalue weighted by atomic mass is 35.5. The van der Waals surface area contributed by atoms with Gasteiger partial charge in [-0.1, -0.05) is 29.3 Å². The number of nitro benzene ring substituents is 1. The topological polar surface area (TPSA) is 139 Å². The molecule has 0 bridgehead atoms. The number of aromatic amines is 1. The zero-order valence-electron chi connectivity index (χ0n) is 22.8. The number of nitrogens with zero attached hydrogens (tertiary/aromatic N) is 2. The van der Waals surface area contributed by atoms with Crippen molar-refractivity contribution in [2.24, 2.45) is 5.92 Å². The molecule has 1 atom stereocenters. The average molecular weight is 651 g/mol. The van der Waals surface area contributed by atoms with E-state index in [4.69, 9.17) is 32.7 Å². The first kappa shape index (κ1) is 31.1. The van der Waals surface area contributed by atoms with Crippen molar-refractivity contribution in [2.75, 3.05) is 19.8 Å². The van der Waals surface area contributed by atoms with E-state index in [0.29, 0.717) is 38.6 Å². The highest BCUT2D eigenvalue weighted by Crippen LogP contribution is 2.37.